The molecule has 1 heterocycles. The lowest BCUT2D eigenvalue weighted by Gasteiger charge is -2.17. The Morgan fingerprint density at radius 3 is 2.80 bits per heavy atom. The van der Waals surface area contributed by atoms with Gasteiger partial charge in [-0.1, -0.05) is 6.07 Å². The number of nitrogens with zero attached hydrogens (tertiary/aromatic N) is 1. The molecule has 0 aromatic heterocycles. The lowest BCUT2D eigenvalue weighted by Crippen LogP contribution is -2.35. The van der Waals surface area contributed by atoms with E-state index in [2.05, 4.69) is 5.32 Å². The zero-order valence-corrected chi connectivity index (χ0v) is 12.9. The number of rotatable bonds is 4. The van der Waals surface area contributed by atoms with Gasteiger partial charge in [0.25, 0.3) is 10.2 Å². The predicted molar refractivity (Wildman–Crippen MR) is 82.2 cm³/mol. The average molecular weight is 315 g/mol. The van der Waals surface area contributed by atoms with Crippen LogP contribution in [0.25, 0.3) is 0 Å². The van der Waals surface area contributed by atoms with Gasteiger partial charge in [-0.05, 0) is 37.3 Å². The summed E-state index contributed by atoms with van der Waals surface area (Å²) >= 11 is 1.44. The number of amides is 1. The molecular weight excluding hydrogens is 298 g/mol. The summed E-state index contributed by atoms with van der Waals surface area (Å²) in [5, 5.41) is 7.79. The molecule has 20 heavy (non-hydrogen) atoms. The van der Waals surface area contributed by atoms with E-state index >= 15 is 0 Å². The topological polar surface area (TPSA) is 92.5 Å². The second kappa shape index (κ2) is 5.63. The fourth-order valence-corrected chi connectivity index (χ4v) is 3.11. The Balaban J connectivity index is 2.26. The highest BCUT2D eigenvalue weighted by Crippen LogP contribution is 2.32. The van der Waals surface area contributed by atoms with E-state index in [0.717, 1.165) is 9.87 Å². The van der Waals surface area contributed by atoms with Gasteiger partial charge in [-0.25, -0.2) is 5.14 Å². The average Bonchev–Trinajstić information content (AvgIpc) is 2.80. The van der Waals surface area contributed by atoms with Crippen molar-refractivity contribution in [1.82, 2.24) is 0 Å². The van der Waals surface area contributed by atoms with Gasteiger partial charge in [0.2, 0.25) is 5.91 Å². The summed E-state index contributed by atoms with van der Waals surface area (Å²) in [5.41, 5.74) is 2.03. The molecule has 0 aliphatic carbocycles. The number of hydrogen-bond donors (Lipinski definition) is 2. The van der Waals surface area contributed by atoms with E-state index in [-0.39, 0.29) is 11.2 Å². The highest BCUT2D eigenvalue weighted by molar-refractivity contribution is 7.99. The maximum atomic E-state index is 11.8. The first-order chi connectivity index (χ1) is 9.32. The summed E-state index contributed by atoms with van der Waals surface area (Å²) < 4.78 is 24.2. The maximum Gasteiger partial charge on any atom is 0.299 e. The lowest BCUT2D eigenvalue weighted by atomic mass is 10.1. The van der Waals surface area contributed by atoms with E-state index in [1.807, 2.05) is 19.2 Å². The van der Waals surface area contributed by atoms with E-state index in [9.17, 15) is 13.2 Å². The van der Waals surface area contributed by atoms with Crippen LogP contribution in [0, 0.1) is 0 Å². The molecule has 1 aromatic rings. The van der Waals surface area contributed by atoms with Crippen molar-refractivity contribution in [3.63, 3.8) is 0 Å². The van der Waals surface area contributed by atoms with Crippen molar-refractivity contribution >= 4 is 39.3 Å². The molecule has 110 valence electrons. The summed E-state index contributed by atoms with van der Waals surface area (Å²) in [5.74, 6) is -0.113. The molecular formula is C12H17N3O3S2. The molecule has 0 spiro atoms. The number of benzene rings is 1. The Morgan fingerprint density at radius 1 is 1.50 bits per heavy atom. The molecule has 3 N–H and O–H groups in total. The third-order valence-electron chi connectivity index (χ3n) is 3.24. The SMILES string of the molecule is CS[C@@H](C)C(=O)Nc1ccc2c(c1)N(S(N)(=O)=O)CC2. The van der Waals surface area contributed by atoms with E-state index in [1.54, 1.807) is 12.1 Å². The molecule has 6 nitrogen and oxygen atoms in total. The van der Waals surface area contributed by atoms with Crippen LogP contribution in [0.4, 0.5) is 11.4 Å². The Hall–Kier alpha value is -1.25. The summed E-state index contributed by atoms with van der Waals surface area (Å²) in [6.07, 6.45) is 2.48. The van der Waals surface area contributed by atoms with Gasteiger partial charge in [0.15, 0.2) is 0 Å². The van der Waals surface area contributed by atoms with E-state index in [1.165, 1.54) is 11.8 Å². The predicted octanol–water partition coefficient (Wildman–Crippen LogP) is 0.943. The third-order valence-corrected chi connectivity index (χ3v) is 5.15. The van der Waals surface area contributed by atoms with Crippen molar-refractivity contribution in [2.45, 2.75) is 18.6 Å². The normalized spacial score (nSPS) is 15.8. The van der Waals surface area contributed by atoms with Crippen molar-refractivity contribution in [2.24, 2.45) is 5.14 Å². The monoisotopic (exact) mass is 315 g/mol. The van der Waals surface area contributed by atoms with Crippen LogP contribution in [0.1, 0.15) is 12.5 Å². The van der Waals surface area contributed by atoms with E-state index in [0.29, 0.717) is 24.3 Å². The van der Waals surface area contributed by atoms with Crippen LogP contribution < -0.4 is 14.8 Å². The first-order valence-electron chi connectivity index (χ1n) is 6.10. The minimum atomic E-state index is -3.77. The van der Waals surface area contributed by atoms with Crippen molar-refractivity contribution in [3.05, 3.63) is 23.8 Å². The molecule has 0 saturated heterocycles. The first-order valence-corrected chi connectivity index (χ1v) is 8.89. The number of carbonyl (C=O) groups excluding carboxylic acids is 1. The molecule has 1 atom stereocenters. The Labute approximate surface area is 122 Å². The minimum absolute atomic E-state index is 0.113. The van der Waals surface area contributed by atoms with Crippen LogP contribution in [0.3, 0.4) is 0 Å². The van der Waals surface area contributed by atoms with Crippen molar-refractivity contribution in [2.75, 3.05) is 22.4 Å². The second-order valence-corrected chi connectivity index (χ2v) is 7.23. The van der Waals surface area contributed by atoms with Gasteiger partial charge in [0.1, 0.15) is 0 Å². The second-order valence-electron chi connectivity index (χ2n) is 4.58. The van der Waals surface area contributed by atoms with Crippen molar-refractivity contribution in [1.29, 1.82) is 0 Å². The zero-order valence-electron chi connectivity index (χ0n) is 11.3. The van der Waals surface area contributed by atoms with Crippen LogP contribution in [-0.4, -0.2) is 32.4 Å². The third kappa shape index (κ3) is 3.08. The molecule has 1 aliphatic heterocycles. The van der Waals surface area contributed by atoms with Crippen LogP contribution in [0.15, 0.2) is 18.2 Å². The van der Waals surface area contributed by atoms with E-state index < -0.39 is 10.2 Å². The number of hydrogen-bond acceptors (Lipinski definition) is 4. The number of nitrogens with one attached hydrogen (secondary N) is 1. The number of fused-ring (bicyclic) bond motifs is 1. The molecule has 1 aliphatic rings. The smallest absolute Gasteiger partial charge is 0.299 e. The van der Waals surface area contributed by atoms with Gasteiger partial charge in [0.05, 0.1) is 10.9 Å². The molecule has 0 bridgehead atoms. The molecule has 0 fully saturated rings. The van der Waals surface area contributed by atoms with Gasteiger partial charge >= 0.3 is 0 Å². The summed E-state index contributed by atoms with van der Waals surface area (Å²) in [7, 11) is -3.77. The Kier molecular flexibility index (Phi) is 4.26. The molecule has 0 saturated carbocycles. The Bertz CT molecular complexity index is 631. The number of anilines is 2. The standard InChI is InChI=1S/C12H17N3O3S2/c1-8(19-2)12(16)14-10-4-3-9-5-6-15(11(9)7-10)20(13,17)18/h3-4,7-8H,5-6H2,1-2H3,(H,14,16)(H2,13,17,18)/t8-/m0/s1. The molecule has 8 heteroatoms. The zero-order chi connectivity index (χ0) is 14.9. The summed E-state index contributed by atoms with van der Waals surface area (Å²) in [6, 6.07) is 5.24. The van der Waals surface area contributed by atoms with Gasteiger partial charge in [-0.3, -0.25) is 9.10 Å². The van der Waals surface area contributed by atoms with Gasteiger partial charge in [0, 0.05) is 12.2 Å². The summed E-state index contributed by atoms with van der Waals surface area (Å²) in [6.45, 7) is 2.15. The van der Waals surface area contributed by atoms with Gasteiger partial charge in [-0.2, -0.15) is 20.2 Å². The lowest BCUT2D eigenvalue weighted by molar-refractivity contribution is -0.115. The highest BCUT2D eigenvalue weighted by atomic mass is 32.2. The quantitative estimate of drug-likeness (QED) is 0.865. The number of nitrogens with two attached hydrogens (primary N) is 1. The maximum absolute atomic E-state index is 11.8. The first kappa shape index (κ1) is 15.1. The number of carbonyl (C=O) groups is 1. The van der Waals surface area contributed by atoms with Crippen LogP contribution in [0.2, 0.25) is 0 Å². The molecule has 0 unspecified atom stereocenters. The number of thioether (sulfide) groups is 1. The molecule has 1 aromatic carbocycles. The fraction of sp³-hybridized carbons (Fsp3) is 0.417. The molecule has 2 rings (SSSR count). The summed E-state index contributed by atoms with van der Waals surface area (Å²) in [4.78, 5) is 11.8. The fourth-order valence-electron chi connectivity index (χ4n) is 2.04. The minimum Gasteiger partial charge on any atom is -0.325 e. The van der Waals surface area contributed by atoms with Crippen LogP contribution in [0.5, 0.6) is 0 Å². The van der Waals surface area contributed by atoms with E-state index in [4.69, 9.17) is 5.14 Å². The van der Waals surface area contributed by atoms with Gasteiger partial charge < -0.3 is 5.32 Å². The Morgan fingerprint density at radius 2 is 2.20 bits per heavy atom. The van der Waals surface area contributed by atoms with Gasteiger partial charge in [-0.15, -0.1) is 0 Å². The highest BCUT2D eigenvalue weighted by Gasteiger charge is 2.27. The largest absolute Gasteiger partial charge is 0.325 e. The van der Waals surface area contributed by atoms with Crippen LogP contribution in [-0.2, 0) is 21.4 Å². The van der Waals surface area contributed by atoms with Crippen LogP contribution >= 0.6 is 11.8 Å². The molecule has 1 amide bonds. The van der Waals surface area contributed by atoms with Crippen molar-refractivity contribution < 1.29 is 13.2 Å². The van der Waals surface area contributed by atoms with Crippen molar-refractivity contribution in [3.8, 4) is 0 Å². The molecule has 0 radical (unpaired) electrons.